The van der Waals surface area contributed by atoms with Crippen molar-refractivity contribution in [2.24, 2.45) is 0 Å². The van der Waals surface area contributed by atoms with Crippen LogP contribution >= 0.6 is 15.9 Å². The normalized spacial score (nSPS) is 10.3. The van der Waals surface area contributed by atoms with Gasteiger partial charge in [-0.25, -0.2) is 4.98 Å². The molecular formula is C15H19BrN4O. The van der Waals surface area contributed by atoms with Gasteiger partial charge in [0.1, 0.15) is 5.75 Å². The predicted octanol–water partition coefficient (Wildman–Crippen LogP) is 3.92. The average Bonchev–Trinajstić information content (AvgIpc) is 2.48. The van der Waals surface area contributed by atoms with E-state index >= 15 is 0 Å². The second-order valence-corrected chi connectivity index (χ2v) is 5.62. The first-order valence-electron chi connectivity index (χ1n) is 6.81. The molecule has 1 aromatic heterocycles. The Morgan fingerprint density at radius 2 is 2.14 bits per heavy atom. The Morgan fingerprint density at radius 3 is 2.86 bits per heavy atom. The number of aromatic nitrogens is 2. The van der Waals surface area contributed by atoms with E-state index in [1.807, 2.05) is 43.3 Å². The summed E-state index contributed by atoms with van der Waals surface area (Å²) in [5, 5.41) is 3.15. The standard InChI is InChI=1S/C15H19BrN4O/c1-4-8-17-15-18-10-13(16)14(19-15)21-12-7-5-6-11(9-12)20(2)3/h5-7,9-10H,4,8H2,1-3H3,(H,17,18,19). The lowest BCUT2D eigenvalue weighted by Crippen LogP contribution is -2.08. The van der Waals surface area contributed by atoms with Gasteiger partial charge in [-0.2, -0.15) is 4.98 Å². The van der Waals surface area contributed by atoms with Crippen molar-refractivity contribution in [1.29, 1.82) is 0 Å². The highest BCUT2D eigenvalue weighted by Gasteiger charge is 2.08. The van der Waals surface area contributed by atoms with Crippen LogP contribution in [0.4, 0.5) is 11.6 Å². The van der Waals surface area contributed by atoms with Crippen LogP contribution in [-0.2, 0) is 0 Å². The third-order valence-corrected chi connectivity index (χ3v) is 3.34. The summed E-state index contributed by atoms with van der Waals surface area (Å²) in [6.07, 6.45) is 2.70. The molecule has 0 radical (unpaired) electrons. The van der Waals surface area contributed by atoms with Gasteiger partial charge in [-0.15, -0.1) is 0 Å². The fourth-order valence-corrected chi connectivity index (χ4v) is 1.95. The summed E-state index contributed by atoms with van der Waals surface area (Å²) in [5.74, 6) is 1.81. The van der Waals surface area contributed by atoms with Crippen molar-refractivity contribution in [1.82, 2.24) is 9.97 Å². The molecule has 112 valence electrons. The van der Waals surface area contributed by atoms with Crippen molar-refractivity contribution in [3.8, 4) is 11.6 Å². The van der Waals surface area contributed by atoms with Gasteiger partial charge >= 0.3 is 0 Å². The highest BCUT2D eigenvalue weighted by Crippen LogP contribution is 2.29. The molecule has 21 heavy (non-hydrogen) atoms. The van der Waals surface area contributed by atoms with Crippen LogP contribution in [0.3, 0.4) is 0 Å². The first-order valence-corrected chi connectivity index (χ1v) is 7.61. The van der Waals surface area contributed by atoms with E-state index in [1.54, 1.807) is 6.20 Å². The number of ether oxygens (including phenoxy) is 1. The van der Waals surface area contributed by atoms with Gasteiger partial charge in [0.05, 0.1) is 10.7 Å². The number of nitrogens with zero attached hydrogens (tertiary/aromatic N) is 3. The number of benzene rings is 1. The van der Waals surface area contributed by atoms with E-state index in [4.69, 9.17) is 4.74 Å². The minimum absolute atomic E-state index is 0.500. The number of halogens is 1. The molecule has 2 aromatic rings. The van der Waals surface area contributed by atoms with Crippen molar-refractivity contribution in [2.45, 2.75) is 13.3 Å². The van der Waals surface area contributed by atoms with E-state index in [2.05, 4.69) is 38.1 Å². The monoisotopic (exact) mass is 350 g/mol. The maximum absolute atomic E-state index is 5.86. The van der Waals surface area contributed by atoms with Gasteiger partial charge in [0.2, 0.25) is 11.8 Å². The van der Waals surface area contributed by atoms with Gasteiger partial charge in [0, 0.05) is 32.4 Å². The van der Waals surface area contributed by atoms with Crippen molar-refractivity contribution in [3.63, 3.8) is 0 Å². The van der Waals surface area contributed by atoms with Crippen LogP contribution in [0.2, 0.25) is 0 Å². The van der Waals surface area contributed by atoms with E-state index in [0.29, 0.717) is 11.8 Å². The summed E-state index contributed by atoms with van der Waals surface area (Å²) in [4.78, 5) is 10.6. The molecular weight excluding hydrogens is 332 g/mol. The fourth-order valence-electron chi connectivity index (χ4n) is 1.68. The maximum Gasteiger partial charge on any atom is 0.238 e. The topological polar surface area (TPSA) is 50.3 Å². The van der Waals surface area contributed by atoms with Gasteiger partial charge in [0.25, 0.3) is 0 Å². The molecule has 0 bridgehead atoms. The summed E-state index contributed by atoms with van der Waals surface area (Å²) >= 11 is 3.42. The molecule has 2 rings (SSSR count). The zero-order valence-corrected chi connectivity index (χ0v) is 14.0. The van der Waals surface area contributed by atoms with Gasteiger partial charge in [-0.05, 0) is 34.5 Å². The number of hydrogen-bond donors (Lipinski definition) is 1. The highest BCUT2D eigenvalue weighted by atomic mass is 79.9. The van der Waals surface area contributed by atoms with Gasteiger partial charge in [-0.3, -0.25) is 0 Å². The summed E-state index contributed by atoms with van der Waals surface area (Å²) in [7, 11) is 3.99. The van der Waals surface area contributed by atoms with E-state index < -0.39 is 0 Å². The summed E-state index contributed by atoms with van der Waals surface area (Å²) in [6.45, 7) is 2.92. The van der Waals surface area contributed by atoms with Crippen LogP contribution in [-0.4, -0.2) is 30.6 Å². The zero-order valence-electron chi connectivity index (χ0n) is 12.4. The molecule has 0 spiro atoms. The molecule has 0 aliphatic heterocycles. The van der Waals surface area contributed by atoms with Crippen molar-refractivity contribution in [2.75, 3.05) is 30.9 Å². The van der Waals surface area contributed by atoms with Crippen LogP contribution in [0.5, 0.6) is 11.6 Å². The van der Waals surface area contributed by atoms with Crippen LogP contribution in [0.25, 0.3) is 0 Å². The van der Waals surface area contributed by atoms with E-state index in [9.17, 15) is 0 Å². The molecule has 0 fully saturated rings. The SMILES string of the molecule is CCCNc1ncc(Br)c(Oc2cccc(N(C)C)c2)n1. The van der Waals surface area contributed by atoms with Crippen LogP contribution < -0.4 is 15.0 Å². The molecule has 6 heteroatoms. The first-order chi connectivity index (χ1) is 10.1. The Kier molecular flexibility index (Phi) is 5.38. The number of anilines is 2. The first kappa shape index (κ1) is 15.6. The van der Waals surface area contributed by atoms with E-state index in [1.165, 1.54) is 0 Å². The van der Waals surface area contributed by atoms with Gasteiger partial charge in [-0.1, -0.05) is 13.0 Å². The second kappa shape index (κ2) is 7.26. The van der Waals surface area contributed by atoms with Gasteiger partial charge in [0.15, 0.2) is 0 Å². The molecule has 0 saturated heterocycles. The Hall–Kier alpha value is -1.82. The molecule has 0 saturated carbocycles. The average molecular weight is 351 g/mol. The molecule has 0 aliphatic rings. The molecule has 5 nitrogen and oxygen atoms in total. The van der Waals surface area contributed by atoms with Crippen molar-refractivity contribution in [3.05, 3.63) is 34.9 Å². The highest BCUT2D eigenvalue weighted by molar-refractivity contribution is 9.10. The summed E-state index contributed by atoms with van der Waals surface area (Å²) in [5.41, 5.74) is 1.07. The minimum atomic E-state index is 0.500. The maximum atomic E-state index is 5.86. The van der Waals surface area contributed by atoms with Crippen LogP contribution in [0, 0.1) is 0 Å². The Bertz CT molecular complexity index is 604. The number of nitrogens with one attached hydrogen (secondary N) is 1. The predicted molar refractivity (Wildman–Crippen MR) is 89.4 cm³/mol. The van der Waals surface area contributed by atoms with Crippen molar-refractivity contribution < 1.29 is 4.74 Å². The molecule has 1 aromatic carbocycles. The van der Waals surface area contributed by atoms with Gasteiger partial charge < -0.3 is 15.0 Å². The molecule has 0 amide bonds. The summed E-state index contributed by atoms with van der Waals surface area (Å²) < 4.78 is 6.58. The summed E-state index contributed by atoms with van der Waals surface area (Å²) in [6, 6.07) is 7.85. The lowest BCUT2D eigenvalue weighted by molar-refractivity contribution is 0.459. The minimum Gasteiger partial charge on any atom is -0.438 e. The fraction of sp³-hybridized carbons (Fsp3) is 0.333. The second-order valence-electron chi connectivity index (χ2n) is 4.77. The lowest BCUT2D eigenvalue weighted by Gasteiger charge is -2.14. The molecule has 1 N–H and O–H groups in total. The van der Waals surface area contributed by atoms with E-state index in [0.717, 1.165) is 28.9 Å². The van der Waals surface area contributed by atoms with E-state index in [-0.39, 0.29) is 0 Å². The zero-order chi connectivity index (χ0) is 15.2. The Morgan fingerprint density at radius 1 is 1.33 bits per heavy atom. The van der Waals surface area contributed by atoms with Crippen LogP contribution in [0.1, 0.15) is 13.3 Å². The molecule has 0 unspecified atom stereocenters. The smallest absolute Gasteiger partial charge is 0.238 e. The molecule has 0 atom stereocenters. The quantitative estimate of drug-likeness (QED) is 0.855. The largest absolute Gasteiger partial charge is 0.438 e. The number of hydrogen-bond acceptors (Lipinski definition) is 5. The Labute approximate surface area is 133 Å². The molecule has 1 heterocycles. The third-order valence-electron chi connectivity index (χ3n) is 2.79. The molecule has 0 aliphatic carbocycles. The third kappa shape index (κ3) is 4.32. The Balaban J connectivity index is 2.20. The van der Waals surface area contributed by atoms with Crippen molar-refractivity contribution >= 4 is 27.6 Å². The van der Waals surface area contributed by atoms with Crippen LogP contribution in [0.15, 0.2) is 34.9 Å². The lowest BCUT2D eigenvalue weighted by atomic mass is 10.3. The number of rotatable bonds is 6.